The Labute approximate surface area is 328 Å². The summed E-state index contributed by atoms with van der Waals surface area (Å²) in [5, 5.41) is 12.4. The lowest BCUT2D eigenvalue weighted by Crippen LogP contribution is -2.34. The van der Waals surface area contributed by atoms with Crippen LogP contribution in [0.3, 0.4) is 0 Å². The number of aromatic nitrogens is 2. The molecule has 0 bridgehead atoms. The van der Waals surface area contributed by atoms with Crippen LogP contribution in [0.2, 0.25) is 0 Å². The molecule has 1 spiro atoms. The van der Waals surface area contributed by atoms with Crippen LogP contribution in [0.5, 0.6) is 0 Å². The molecule has 13 rings (SSSR count). The third-order valence-electron chi connectivity index (χ3n) is 12.8. The van der Waals surface area contributed by atoms with Gasteiger partial charge in [-0.05, 0) is 106 Å². The molecule has 3 aliphatic carbocycles. The van der Waals surface area contributed by atoms with Gasteiger partial charge in [-0.25, -0.2) is 9.97 Å². The Hall–Kier alpha value is -7.42. The lowest BCUT2D eigenvalue weighted by atomic mass is 9.66. The van der Waals surface area contributed by atoms with Gasteiger partial charge in [0.1, 0.15) is 0 Å². The molecule has 0 saturated heterocycles. The van der Waals surface area contributed by atoms with E-state index in [0.29, 0.717) is 0 Å². The van der Waals surface area contributed by atoms with Crippen molar-refractivity contribution in [1.82, 2.24) is 9.97 Å². The van der Waals surface area contributed by atoms with Crippen molar-refractivity contribution < 1.29 is 0 Å². The Kier molecular flexibility index (Phi) is 6.13. The highest BCUT2D eigenvalue weighted by atomic mass is 14.8. The van der Waals surface area contributed by atoms with Crippen molar-refractivity contribution in [3.8, 4) is 22.4 Å². The third kappa shape index (κ3) is 4.14. The summed E-state index contributed by atoms with van der Waals surface area (Å²) >= 11 is 0. The van der Waals surface area contributed by atoms with Crippen LogP contribution in [-0.2, 0) is 5.41 Å². The number of hydrogen-bond acceptors (Lipinski definition) is 2. The summed E-state index contributed by atoms with van der Waals surface area (Å²) in [6, 6.07) is 64.2. The maximum Gasteiger partial charge on any atom is 0.0972 e. The standard InChI is InChI=1S/C55H32N2/c1-2-12-33(13-3-1)50-26-24-34-22-23-35-25-27-51(57-54(35)53(34)56-50)43-28-29-55(48-20-10-8-18-41(48)42-19-9-11-21-49(42)55)52-44-32-46-40-17-7-5-15-38(40)37-14-4-6-16-39(37)45(46)30-36(44)31-47(43)52/h1-32H. The molecular weight excluding hydrogens is 689 g/mol. The number of pyridine rings is 2. The second-order valence-electron chi connectivity index (χ2n) is 15.6. The van der Waals surface area contributed by atoms with Crippen LogP contribution in [0.25, 0.3) is 93.7 Å². The van der Waals surface area contributed by atoms with Crippen molar-refractivity contribution in [3.63, 3.8) is 0 Å². The topological polar surface area (TPSA) is 25.8 Å². The van der Waals surface area contributed by atoms with Gasteiger partial charge in [0.2, 0.25) is 0 Å². The fourth-order valence-electron chi connectivity index (χ4n) is 10.3. The molecule has 0 atom stereocenters. The molecule has 2 heterocycles. The lowest BCUT2D eigenvalue weighted by molar-refractivity contribution is 0.861. The zero-order valence-electron chi connectivity index (χ0n) is 30.9. The molecule has 10 aromatic rings. The lowest BCUT2D eigenvalue weighted by Gasteiger charge is -2.35. The minimum absolute atomic E-state index is 0.468. The van der Waals surface area contributed by atoms with Gasteiger partial charge < -0.3 is 0 Å². The molecule has 0 N–H and O–H groups in total. The van der Waals surface area contributed by atoms with E-state index >= 15 is 0 Å². The summed E-state index contributed by atoms with van der Waals surface area (Å²) in [5.74, 6) is 0. The van der Waals surface area contributed by atoms with Gasteiger partial charge in [-0.1, -0.05) is 164 Å². The van der Waals surface area contributed by atoms with Gasteiger partial charge in [0, 0.05) is 21.9 Å². The first-order valence-electron chi connectivity index (χ1n) is 19.7. The second-order valence-corrected chi connectivity index (χ2v) is 15.6. The molecule has 3 aliphatic rings. The average molecular weight is 721 g/mol. The van der Waals surface area contributed by atoms with E-state index in [1.54, 1.807) is 0 Å². The summed E-state index contributed by atoms with van der Waals surface area (Å²) in [6.07, 6.45) is 7.27. The van der Waals surface area contributed by atoms with E-state index in [-0.39, 0.29) is 0 Å². The molecule has 2 nitrogen and oxygen atoms in total. The summed E-state index contributed by atoms with van der Waals surface area (Å²) in [6.45, 7) is 0. The van der Waals surface area contributed by atoms with Gasteiger partial charge in [0.25, 0.3) is 0 Å². The van der Waals surface area contributed by atoms with E-state index in [0.717, 1.165) is 44.3 Å². The Morgan fingerprint density at radius 2 is 0.912 bits per heavy atom. The van der Waals surface area contributed by atoms with Gasteiger partial charge in [-0.15, -0.1) is 0 Å². The van der Waals surface area contributed by atoms with Crippen molar-refractivity contribution in [2.75, 3.05) is 0 Å². The van der Waals surface area contributed by atoms with Crippen LogP contribution in [0.4, 0.5) is 0 Å². The van der Waals surface area contributed by atoms with Crippen LogP contribution >= 0.6 is 0 Å². The summed E-state index contributed by atoms with van der Waals surface area (Å²) in [7, 11) is 0. The first-order chi connectivity index (χ1) is 28.2. The molecule has 0 fully saturated rings. The molecule has 0 unspecified atom stereocenters. The number of nitrogens with zero attached hydrogens (tertiary/aromatic N) is 2. The van der Waals surface area contributed by atoms with E-state index in [9.17, 15) is 0 Å². The number of benzene rings is 8. The van der Waals surface area contributed by atoms with Crippen LogP contribution in [-0.4, -0.2) is 9.97 Å². The van der Waals surface area contributed by atoms with Crippen molar-refractivity contribution in [1.29, 1.82) is 0 Å². The quantitative estimate of drug-likeness (QED) is 0.166. The first kappa shape index (κ1) is 30.9. The molecule has 262 valence electrons. The van der Waals surface area contributed by atoms with Gasteiger partial charge in [-0.2, -0.15) is 0 Å². The summed E-state index contributed by atoms with van der Waals surface area (Å²) in [5.41, 5.74) is 13.3. The van der Waals surface area contributed by atoms with Gasteiger partial charge >= 0.3 is 0 Å². The van der Waals surface area contributed by atoms with Crippen LogP contribution in [0, 0.1) is 0 Å². The zero-order chi connectivity index (χ0) is 37.2. The van der Waals surface area contributed by atoms with E-state index in [2.05, 4.69) is 188 Å². The highest BCUT2D eigenvalue weighted by Gasteiger charge is 2.48. The Balaban J connectivity index is 1.15. The largest absolute Gasteiger partial charge is 0.245 e. The predicted molar refractivity (Wildman–Crippen MR) is 237 cm³/mol. The predicted octanol–water partition coefficient (Wildman–Crippen LogP) is 11.8. The fourth-order valence-corrected chi connectivity index (χ4v) is 10.3. The Morgan fingerprint density at radius 3 is 1.56 bits per heavy atom. The van der Waals surface area contributed by atoms with Crippen LogP contribution < -0.4 is 10.4 Å². The first-order valence-corrected chi connectivity index (χ1v) is 19.7. The third-order valence-corrected chi connectivity index (χ3v) is 12.8. The molecule has 57 heavy (non-hydrogen) atoms. The van der Waals surface area contributed by atoms with Crippen LogP contribution in [0.15, 0.2) is 194 Å². The van der Waals surface area contributed by atoms with Crippen molar-refractivity contribution >= 4 is 71.3 Å². The molecule has 2 heteroatoms. The zero-order valence-corrected chi connectivity index (χ0v) is 30.9. The van der Waals surface area contributed by atoms with Gasteiger partial charge in [0.05, 0.1) is 27.8 Å². The number of allylic oxidation sites excluding steroid dienone is 4. The van der Waals surface area contributed by atoms with Crippen molar-refractivity contribution in [2.45, 2.75) is 5.41 Å². The Bertz CT molecular complexity index is 3580. The van der Waals surface area contributed by atoms with Gasteiger partial charge in [0.15, 0.2) is 0 Å². The molecule has 0 aliphatic heterocycles. The van der Waals surface area contributed by atoms with Crippen molar-refractivity contribution in [2.24, 2.45) is 0 Å². The number of hydrogen-bond donors (Lipinski definition) is 0. The van der Waals surface area contributed by atoms with Gasteiger partial charge in [-0.3, -0.25) is 0 Å². The average Bonchev–Trinajstić information content (AvgIpc) is 3.80. The second kappa shape index (κ2) is 11.3. The van der Waals surface area contributed by atoms with Crippen molar-refractivity contribution in [3.05, 3.63) is 221 Å². The molecule has 0 amide bonds. The molecule has 0 saturated carbocycles. The maximum atomic E-state index is 5.52. The van der Waals surface area contributed by atoms with E-state index < -0.39 is 5.41 Å². The van der Waals surface area contributed by atoms with E-state index in [1.807, 2.05) is 6.07 Å². The molecule has 8 aromatic carbocycles. The van der Waals surface area contributed by atoms with E-state index in [1.165, 1.54) is 76.2 Å². The normalized spacial score (nSPS) is 14.8. The smallest absolute Gasteiger partial charge is 0.0972 e. The fraction of sp³-hybridized carbons (Fsp3) is 0.0182. The monoisotopic (exact) mass is 720 g/mol. The summed E-state index contributed by atoms with van der Waals surface area (Å²) < 4.78 is 0. The molecule has 2 aromatic heterocycles. The molecular formula is C55H32N2. The maximum absolute atomic E-state index is 5.52. The highest BCUT2D eigenvalue weighted by Crippen LogP contribution is 2.58. The number of rotatable bonds is 2. The minimum atomic E-state index is -0.468. The highest BCUT2D eigenvalue weighted by molar-refractivity contribution is 6.25. The Morgan fingerprint density at radius 1 is 0.404 bits per heavy atom. The minimum Gasteiger partial charge on any atom is -0.245 e. The molecule has 0 radical (unpaired) electrons. The SMILES string of the molecule is C1=CC2(C3=c4cc5c6ccccc6c6ccccc6c5cc4=CC3=C1c1ccc3ccc4ccc(-c5ccccc5)nc4c3n1)c1ccccc1-c1ccccc12. The van der Waals surface area contributed by atoms with E-state index in [4.69, 9.17) is 9.97 Å². The number of fused-ring (bicyclic) bond motifs is 17. The van der Waals surface area contributed by atoms with Crippen LogP contribution in [0.1, 0.15) is 16.8 Å². The summed E-state index contributed by atoms with van der Waals surface area (Å²) in [4.78, 5) is 10.8.